The molecule has 0 aromatic heterocycles. The molecule has 6 heteroatoms. The minimum atomic E-state index is -0.350. The largest absolute Gasteiger partial charge is 0.496 e. The van der Waals surface area contributed by atoms with Crippen LogP contribution in [0.2, 0.25) is 0 Å². The quantitative estimate of drug-likeness (QED) is 0.682. The average molecular weight is 406 g/mol. The maximum absolute atomic E-state index is 13.7. The first-order valence-corrected chi connectivity index (χ1v) is 10.4. The van der Waals surface area contributed by atoms with Gasteiger partial charge in [-0.3, -0.25) is 9.59 Å². The van der Waals surface area contributed by atoms with Gasteiger partial charge in [0.05, 0.1) is 25.0 Å². The van der Waals surface area contributed by atoms with Crippen molar-refractivity contribution in [3.63, 3.8) is 0 Å². The third-order valence-corrected chi connectivity index (χ3v) is 5.51. The van der Waals surface area contributed by atoms with Crippen LogP contribution in [0.4, 0.5) is 5.69 Å². The van der Waals surface area contributed by atoms with Gasteiger partial charge in [-0.2, -0.15) is 0 Å². The molecule has 2 amide bonds. The van der Waals surface area contributed by atoms with E-state index >= 15 is 0 Å². The third kappa shape index (κ3) is 3.43. The predicted octanol–water partition coefficient (Wildman–Crippen LogP) is 3.86. The van der Waals surface area contributed by atoms with Crippen molar-refractivity contribution in [2.75, 3.05) is 31.7 Å². The van der Waals surface area contributed by atoms with E-state index in [1.54, 1.807) is 25.3 Å². The number of methoxy groups -OCH3 is 1. The second-order valence-electron chi connectivity index (χ2n) is 7.32. The number of rotatable bonds is 6. The van der Waals surface area contributed by atoms with Crippen molar-refractivity contribution in [1.82, 2.24) is 4.90 Å². The van der Waals surface area contributed by atoms with Crippen LogP contribution in [0.25, 0.3) is 5.57 Å². The Morgan fingerprint density at radius 2 is 1.53 bits per heavy atom. The van der Waals surface area contributed by atoms with E-state index in [0.29, 0.717) is 40.6 Å². The number of para-hydroxylation sites is 3. The van der Waals surface area contributed by atoms with Gasteiger partial charge in [0, 0.05) is 18.7 Å². The van der Waals surface area contributed by atoms with Crippen LogP contribution in [0.15, 0.2) is 54.2 Å². The summed E-state index contributed by atoms with van der Waals surface area (Å²) in [5.74, 6) is 0.427. The highest BCUT2D eigenvalue weighted by atomic mass is 16.5. The molecule has 0 unspecified atom stereocenters. The zero-order chi connectivity index (χ0) is 21.1. The fourth-order valence-electron chi connectivity index (χ4n) is 4.16. The molecular weight excluding hydrogens is 380 g/mol. The lowest BCUT2D eigenvalue weighted by Gasteiger charge is -2.30. The van der Waals surface area contributed by atoms with Gasteiger partial charge in [-0.25, -0.2) is 4.90 Å². The van der Waals surface area contributed by atoms with Crippen LogP contribution in [-0.4, -0.2) is 43.5 Å². The van der Waals surface area contributed by atoms with E-state index in [-0.39, 0.29) is 11.8 Å². The molecule has 0 bridgehead atoms. The number of amides is 2. The topological polar surface area (TPSA) is 59.1 Å². The lowest BCUT2D eigenvalue weighted by molar-refractivity contribution is -0.120. The van der Waals surface area contributed by atoms with Gasteiger partial charge in [0.15, 0.2) is 0 Å². The molecular formula is C24H26N2O4. The Hall–Kier alpha value is -3.28. The van der Waals surface area contributed by atoms with Crippen molar-refractivity contribution < 1.29 is 19.1 Å². The number of nitrogens with zero attached hydrogens (tertiary/aromatic N) is 2. The fourth-order valence-corrected chi connectivity index (χ4v) is 4.16. The minimum Gasteiger partial charge on any atom is -0.496 e. The molecule has 156 valence electrons. The number of piperidine rings is 1. The van der Waals surface area contributed by atoms with E-state index in [0.717, 1.165) is 32.4 Å². The molecule has 2 aromatic carbocycles. The van der Waals surface area contributed by atoms with E-state index in [4.69, 9.17) is 9.47 Å². The number of imide groups is 1. The maximum atomic E-state index is 13.7. The standard InChI is InChI=1S/C24H26N2O4/c1-3-30-20-14-8-6-12-18(20)26-23(27)21(17-11-5-7-13-19(17)29-2)22(24(26)28)25-15-9-4-10-16-25/h5-8,11-14H,3-4,9-10,15-16H2,1-2H3. The summed E-state index contributed by atoms with van der Waals surface area (Å²) in [5.41, 5.74) is 1.95. The van der Waals surface area contributed by atoms with Gasteiger partial charge in [0.1, 0.15) is 17.2 Å². The van der Waals surface area contributed by atoms with Crippen LogP contribution in [0.5, 0.6) is 11.5 Å². The number of hydrogen-bond donors (Lipinski definition) is 0. The maximum Gasteiger partial charge on any atom is 0.282 e. The molecule has 2 aliphatic rings. The molecule has 0 atom stereocenters. The molecule has 2 aromatic rings. The summed E-state index contributed by atoms with van der Waals surface area (Å²) in [5, 5.41) is 0. The van der Waals surface area contributed by atoms with Crippen molar-refractivity contribution >= 4 is 23.1 Å². The molecule has 1 saturated heterocycles. The second kappa shape index (κ2) is 8.61. The van der Waals surface area contributed by atoms with Crippen molar-refractivity contribution in [1.29, 1.82) is 0 Å². The van der Waals surface area contributed by atoms with Crippen LogP contribution in [0.3, 0.4) is 0 Å². The SMILES string of the molecule is CCOc1ccccc1N1C(=O)C(c2ccccc2OC)=C(N2CCCCC2)C1=O. The van der Waals surface area contributed by atoms with E-state index in [1.165, 1.54) is 4.90 Å². The molecule has 0 saturated carbocycles. The van der Waals surface area contributed by atoms with E-state index in [2.05, 4.69) is 4.90 Å². The first-order chi connectivity index (χ1) is 14.7. The predicted molar refractivity (Wildman–Crippen MR) is 115 cm³/mol. The van der Waals surface area contributed by atoms with Gasteiger partial charge in [-0.15, -0.1) is 0 Å². The zero-order valence-corrected chi connectivity index (χ0v) is 17.4. The summed E-state index contributed by atoms with van der Waals surface area (Å²) in [6, 6.07) is 14.5. The van der Waals surface area contributed by atoms with E-state index in [1.807, 2.05) is 37.3 Å². The Kier molecular flexibility index (Phi) is 5.74. The van der Waals surface area contributed by atoms with Crippen molar-refractivity contribution in [2.24, 2.45) is 0 Å². The zero-order valence-electron chi connectivity index (χ0n) is 17.4. The highest BCUT2D eigenvalue weighted by Crippen LogP contribution is 2.41. The Labute approximate surface area is 176 Å². The number of likely N-dealkylation sites (tertiary alicyclic amines) is 1. The summed E-state index contributed by atoms with van der Waals surface area (Å²) < 4.78 is 11.2. The summed E-state index contributed by atoms with van der Waals surface area (Å²) in [6.07, 6.45) is 3.13. The molecule has 6 nitrogen and oxygen atoms in total. The lowest BCUT2D eigenvalue weighted by Crippen LogP contribution is -2.37. The third-order valence-electron chi connectivity index (χ3n) is 5.51. The molecule has 0 N–H and O–H groups in total. The van der Waals surface area contributed by atoms with Crippen molar-refractivity contribution in [2.45, 2.75) is 26.2 Å². The van der Waals surface area contributed by atoms with Crippen LogP contribution in [0, 0.1) is 0 Å². The number of benzene rings is 2. The number of hydrogen-bond acceptors (Lipinski definition) is 5. The van der Waals surface area contributed by atoms with Crippen LogP contribution in [0.1, 0.15) is 31.7 Å². The highest BCUT2D eigenvalue weighted by molar-refractivity contribution is 6.46. The number of ether oxygens (including phenoxy) is 2. The molecule has 0 radical (unpaired) electrons. The van der Waals surface area contributed by atoms with Gasteiger partial charge in [-0.05, 0) is 44.4 Å². The Balaban J connectivity index is 1.87. The molecule has 30 heavy (non-hydrogen) atoms. The molecule has 2 heterocycles. The van der Waals surface area contributed by atoms with Crippen LogP contribution in [-0.2, 0) is 9.59 Å². The average Bonchev–Trinajstić information content (AvgIpc) is 3.04. The van der Waals surface area contributed by atoms with E-state index < -0.39 is 0 Å². The number of anilines is 1. The first-order valence-electron chi connectivity index (χ1n) is 10.4. The number of carbonyl (C=O) groups excluding carboxylic acids is 2. The highest BCUT2D eigenvalue weighted by Gasteiger charge is 2.44. The second-order valence-corrected chi connectivity index (χ2v) is 7.32. The molecule has 1 fully saturated rings. The summed E-state index contributed by atoms with van der Waals surface area (Å²) >= 11 is 0. The molecule has 0 spiro atoms. The Bertz CT molecular complexity index is 992. The number of carbonyl (C=O) groups is 2. The van der Waals surface area contributed by atoms with E-state index in [9.17, 15) is 9.59 Å². The van der Waals surface area contributed by atoms with Crippen molar-refractivity contribution in [3.8, 4) is 11.5 Å². The summed E-state index contributed by atoms with van der Waals surface area (Å²) in [6.45, 7) is 3.84. The van der Waals surface area contributed by atoms with Crippen molar-refractivity contribution in [3.05, 3.63) is 59.8 Å². The smallest absolute Gasteiger partial charge is 0.282 e. The van der Waals surface area contributed by atoms with Crippen LogP contribution < -0.4 is 14.4 Å². The van der Waals surface area contributed by atoms with Gasteiger partial charge in [0.25, 0.3) is 11.8 Å². The summed E-state index contributed by atoms with van der Waals surface area (Å²) in [4.78, 5) is 30.7. The van der Waals surface area contributed by atoms with Gasteiger partial charge < -0.3 is 14.4 Å². The summed E-state index contributed by atoms with van der Waals surface area (Å²) in [7, 11) is 1.57. The monoisotopic (exact) mass is 406 g/mol. The van der Waals surface area contributed by atoms with Crippen LogP contribution >= 0.6 is 0 Å². The molecule has 4 rings (SSSR count). The van der Waals surface area contributed by atoms with Gasteiger partial charge >= 0.3 is 0 Å². The lowest BCUT2D eigenvalue weighted by atomic mass is 10.0. The molecule has 0 aliphatic carbocycles. The van der Waals surface area contributed by atoms with Gasteiger partial charge in [-0.1, -0.05) is 30.3 Å². The Morgan fingerprint density at radius 1 is 0.867 bits per heavy atom. The minimum absolute atomic E-state index is 0.310. The van der Waals surface area contributed by atoms with Gasteiger partial charge in [0.2, 0.25) is 0 Å². The normalized spacial score (nSPS) is 17.0. The fraction of sp³-hybridized carbons (Fsp3) is 0.333. The Morgan fingerprint density at radius 3 is 2.23 bits per heavy atom. The molecule has 2 aliphatic heterocycles. The first kappa shape index (κ1) is 20.0.